The third-order valence-corrected chi connectivity index (χ3v) is 6.08. The number of thioether (sulfide) groups is 1. The van der Waals surface area contributed by atoms with Gasteiger partial charge in [0.1, 0.15) is 10.9 Å². The van der Waals surface area contributed by atoms with Crippen LogP contribution in [0.3, 0.4) is 0 Å². The zero-order valence-corrected chi connectivity index (χ0v) is 18.3. The Morgan fingerprint density at radius 2 is 1.93 bits per heavy atom. The van der Waals surface area contributed by atoms with Crippen LogP contribution in [-0.4, -0.2) is 28.8 Å². The molecular formula is C20H17Cl2NO3S2. The van der Waals surface area contributed by atoms with E-state index in [0.29, 0.717) is 37.4 Å². The van der Waals surface area contributed by atoms with Gasteiger partial charge in [0, 0.05) is 17.6 Å². The number of likely N-dealkylation sites (N-methyl/N-ethyl adjacent to an activating group) is 1. The van der Waals surface area contributed by atoms with E-state index in [1.807, 2.05) is 25.1 Å². The van der Waals surface area contributed by atoms with Crippen molar-refractivity contribution in [3.63, 3.8) is 0 Å². The topological polar surface area (TPSA) is 38.8 Å². The molecule has 0 bridgehead atoms. The monoisotopic (exact) mass is 453 g/mol. The molecule has 1 aliphatic rings. The van der Waals surface area contributed by atoms with Gasteiger partial charge in [-0.3, -0.25) is 9.69 Å². The normalized spacial score (nSPS) is 15.4. The fraction of sp³-hybridized carbons (Fsp3) is 0.200. The average molecular weight is 454 g/mol. The number of amides is 1. The van der Waals surface area contributed by atoms with Crippen LogP contribution < -0.4 is 9.47 Å². The summed E-state index contributed by atoms with van der Waals surface area (Å²) in [4.78, 5) is 14.2. The van der Waals surface area contributed by atoms with Crippen LogP contribution in [0.15, 0.2) is 41.3 Å². The standard InChI is InChI=1S/C20H17Cl2NO3S2/c1-3-25-16-9-12(10-17-19(24)23(2)20(27)28-17)8-15(22)18(16)26-11-13-6-4-5-7-14(13)21/h4-10H,3,11H2,1-2H3/b17-10+. The molecule has 1 heterocycles. The molecule has 1 saturated heterocycles. The summed E-state index contributed by atoms with van der Waals surface area (Å²) >= 11 is 19.1. The minimum absolute atomic E-state index is 0.136. The lowest BCUT2D eigenvalue weighted by Gasteiger charge is -2.15. The maximum Gasteiger partial charge on any atom is 0.265 e. The van der Waals surface area contributed by atoms with Gasteiger partial charge in [0.25, 0.3) is 5.91 Å². The maximum absolute atomic E-state index is 12.2. The minimum Gasteiger partial charge on any atom is -0.490 e. The molecule has 146 valence electrons. The van der Waals surface area contributed by atoms with Crippen molar-refractivity contribution in [2.45, 2.75) is 13.5 Å². The number of thiocarbonyl (C=S) groups is 1. The van der Waals surface area contributed by atoms with E-state index in [-0.39, 0.29) is 12.5 Å². The van der Waals surface area contributed by atoms with Crippen LogP contribution in [0.1, 0.15) is 18.1 Å². The van der Waals surface area contributed by atoms with Crippen LogP contribution in [0, 0.1) is 0 Å². The van der Waals surface area contributed by atoms with Crippen molar-refractivity contribution in [1.82, 2.24) is 4.90 Å². The third-order valence-electron chi connectivity index (χ3n) is 3.95. The Hall–Kier alpha value is -1.73. The quantitative estimate of drug-likeness (QED) is 0.407. The first kappa shape index (κ1) is 21.0. The molecule has 3 rings (SSSR count). The Labute approximate surface area is 183 Å². The van der Waals surface area contributed by atoms with Gasteiger partial charge in [-0.15, -0.1) is 0 Å². The summed E-state index contributed by atoms with van der Waals surface area (Å²) in [6.07, 6.45) is 1.75. The Balaban J connectivity index is 1.89. The summed E-state index contributed by atoms with van der Waals surface area (Å²) in [5.41, 5.74) is 1.57. The lowest BCUT2D eigenvalue weighted by atomic mass is 10.1. The van der Waals surface area contributed by atoms with E-state index in [4.69, 9.17) is 44.9 Å². The molecule has 0 atom stereocenters. The van der Waals surface area contributed by atoms with E-state index in [1.165, 1.54) is 16.7 Å². The number of rotatable bonds is 6. The van der Waals surface area contributed by atoms with E-state index in [0.717, 1.165) is 11.1 Å². The summed E-state index contributed by atoms with van der Waals surface area (Å²) in [6, 6.07) is 11.0. The molecule has 2 aromatic rings. The molecule has 0 unspecified atom stereocenters. The highest BCUT2D eigenvalue weighted by Gasteiger charge is 2.28. The molecule has 1 amide bonds. The predicted molar refractivity (Wildman–Crippen MR) is 119 cm³/mol. The summed E-state index contributed by atoms with van der Waals surface area (Å²) < 4.78 is 12.1. The number of benzene rings is 2. The van der Waals surface area contributed by atoms with Crippen molar-refractivity contribution < 1.29 is 14.3 Å². The minimum atomic E-state index is -0.136. The first-order valence-corrected chi connectivity index (χ1v) is 10.4. The van der Waals surface area contributed by atoms with Crippen LogP contribution in [0.4, 0.5) is 0 Å². The largest absolute Gasteiger partial charge is 0.490 e. The molecule has 4 nitrogen and oxygen atoms in total. The van der Waals surface area contributed by atoms with Crippen molar-refractivity contribution in [2.75, 3.05) is 13.7 Å². The number of nitrogens with zero attached hydrogens (tertiary/aromatic N) is 1. The van der Waals surface area contributed by atoms with Crippen molar-refractivity contribution in [1.29, 1.82) is 0 Å². The zero-order valence-electron chi connectivity index (χ0n) is 15.2. The lowest BCUT2D eigenvalue weighted by molar-refractivity contribution is -0.121. The van der Waals surface area contributed by atoms with Gasteiger partial charge in [-0.05, 0) is 36.8 Å². The van der Waals surface area contributed by atoms with Gasteiger partial charge in [0.15, 0.2) is 11.5 Å². The van der Waals surface area contributed by atoms with Gasteiger partial charge < -0.3 is 9.47 Å². The highest BCUT2D eigenvalue weighted by molar-refractivity contribution is 8.26. The molecule has 1 fully saturated rings. The van der Waals surface area contributed by atoms with Crippen molar-refractivity contribution >= 4 is 63.5 Å². The molecule has 1 aliphatic heterocycles. The second-order valence-electron chi connectivity index (χ2n) is 5.88. The van der Waals surface area contributed by atoms with Crippen LogP contribution in [0.5, 0.6) is 11.5 Å². The zero-order chi connectivity index (χ0) is 20.3. The SMILES string of the molecule is CCOc1cc(/C=C2/SC(=S)N(C)C2=O)cc(Cl)c1OCc1ccccc1Cl. The van der Waals surface area contributed by atoms with Crippen LogP contribution in [-0.2, 0) is 11.4 Å². The first-order valence-electron chi connectivity index (χ1n) is 8.44. The number of halogens is 2. The van der Waals surface area contributed by atoms with Crippen molar-refractivity contribution in [3.8, 4) is 11.5 Å². The molecule has 0 spiro atoms. The summed E-state index contributed by atoms with van der Waals surface area (Å²) in [7, 11) is 1.66. The van der Waals surface area contributed by atoms with Crippen LogP contribution >= 0.6 is 47.2 Å². The molecule has 28 heavy (non-hydrogen) atoms. The molecule has 0 aromatic heterocycles. The van der Waals surface area contributed by atoms with E-state index < -0.39 is 0 Å². The molecule has 0 saturated carbocycles. The number of ether oxygens (including phenoxy) is 2. The first-order chi connectivity index (χ1) is 13.4. The third kappa shape index (κ3) is 4.63. The van der Waals surface area contributed by atoms with Gasteiger partial charge in [-0.25, -0.2) is 0 Å². The fourth-order valence-corrected chi connectivity index (χ4v) is 4.18. The smallest absolute Gasteiger partial charge is 0.265 e. The van der Waals surface area contributed by atoms with E-state index in [9.17, 15) is 4.79 Å². The van der Waals surface area contributed by atoms with Crippen LogP contribution in [0.2, 0.25) is 10.0 Å². The van der Waals surface area contributed by atoms with E-state index in [1.54, 1.807) is 31.3 Å². The molecule has 8 heteroatoms. The Morgan fingerprint density at radius 3 is 2.57 bits per heavy atom. The highest BCUT2D eigenvalue weighted by Crippen LogP contribution is 2.39. The number of carbonyl (C=O) groups is 1. The second kappa shape index (κ2) is 9.18. The number of hydrogen-bond acceptors (Lipinski definition) is 5. The summed E-state index contributed by atoms with van der Waals surface area (Å²) in [5, 5.41) is 1.01. The lowest BCUT2D eigenvalue weighted by Crippen LogP contribution is -2.22. The Morgan fingerprint density at radius 1 is 1.18 bits per heavy atom. The number of hydrogen-bond donors (Lipinski definition) is 0. The Kier molecular flexibility index (Phi) is 6.88. The maximum atomic E-state index is 12.2. The van der Waals surface area contributed by atoms with Crippen molar-refractivity contribution in [3.05, 3.63) is 62.5 Å². The fourth-order valence-electron chi connectivity index (χ4n) is 2.54. The van der Waals surface area contributed by atoms with E-state index in [2.05, 4.69) is 0 Å². The summed E-state index contributed by atoms with van der Waals surface area (Å²) in [6.45, 7) is 2.58. The molecule has 0 aliphatic carbocycles. The molecule has 2 aromatic carbocycles. The van der Waals surface area contributed by atoms with Gasteiger partial charge in [0.05, 0.1) is 16.5 Å². The van der Waals surface area contributed by atoms with Crippen molar-refractivity contribution in [2.24, 2.45) is 0 Å². The average Bonchev–Trinajstić information content (AvgIpc) is 2.89. The molecule has 0 radical (unpaired) electrons. The highest BCUT2D eigenvalue weighted by atomic mass is 35.5. The second-order valence-corrected chi connectivity index (χ2v) is 8.37. The predicted octanol–water partition coefficient (Wildman–Crippen LogP) is 5.80. The Bertz CT molecular complexity index is 962. The van der Waals surface area contributed by atoms with E-state index >= 15 is 0 Å². The van der Waals surface area contributed by atoms with Gasteiger partial charge in [0.2, 0.25) is 0 Å². The number of carbonyl (C=O) groups excluding carboxylic acids is 1. The summed E-state index contributed by atoms with van der Waals surface area (Å²) in [5.74, 6) is 0.798. The molecule has 0 N–H and O–H groups in total. The van der Waals surface area contributed by atoms with Gasteiger partial charge in [-0.2, -0.15) is 0 Å². The van der Waals surface area contributed by atoms with Gasteiger partial charge in [-0.1, -0.05) is 65.4 Å². The van der Waals surface area contributed by atoms with Gasteiger partial charge >= 0.3 is 0 Å². The van der Waals surface area contributed by atoms with Crippen LogP contribution in [0.25, 0.3) is 6.08 Å². The molecular weight excluding hydrogens is 437 g/mol.